The van der Waals surface area contributed by atoms with Crippen molar-refractivity contribution in [3.63, 3.8) is 0 Å². The van der Waals surface area contributed by atoms with Gasteiger partial charge in [-0.2, -0.15) is 0 Å². The van der Waals surface area contributed by atoms with Gasteiger partial charge < -0.3 is 15.8 Å². The largest absolute Gasteiger partial charge is 0.478 e. The Balaban J connectivity index is 1.94. The van der Waals surface area contributed by atoms with E-state index in [1.165, 1.54) is 6.42 Å². The summed E-state index contributed by atoms with van der Waals surface area (Å²) < 4.78 is 5.46. The summed E-state index contributed by atoms with van der Waals surface area (Å²) in [5.41, 5.74) is 6.89. The predicted molar refractivity (Wildman–Crippen MR) is 71.7 cm³/mol. The van der Waals surface area contributed by atoms with Crippen molar-refractivity contribution in [2.24, 2.45) is 11.7 Å². The molecule has 2 atom stereocenters. The highest BCUT2D eigenvalue weighted by Gasteiger charge is 2.21. The lowest BCUT2D eigenvalue weighted by atomic mass is 10.1. The number of nitrogens with one attached hydrogen (secondary N) is 1. The highest BCUT2D eigenvalue weighted by Crippen LogP contribution is 2.26. The van der Waals surface area contributed by atoms with Crippen molar-refractivity contribution >= 4 is 5.82 Å². The maximum Gasteiger partial charge on any atom is 0.221 e. The average molecular weight is 250 g/mol. The predicted octanol–water partition coefficient (Wildman–Crippen LogP) is 1.72. The van der Waals surface area contributed by atoms with Gasteiger partial charge in [0.05, 0.1) is 12.2 Å². The van der Waals surface area contributed by atoms with E-state index in [0.717, 1.165) is 30.8 Å². The fraction of sp³-hybridized carbons (Fsp3) is 0.692. The number of ether oxygens (including phenoxy) is 1. The van der Waals surface area contributed by atoms with Crippen LogP contribution in [0.3, 0.4) is 0 Å². The Hall–Kier alpha value is -1.36. The van der Waals surface area contributed by atoms with E-state index >= 15 is 0 Å². The van der Waals surface area contributed by atoms with Gasteiger partial charge in [0, 0.05) is 12.6 Å². The summed E-state index contributed by atoms with van der Waals surface area (Å²) in [6.45, 7) is 5.48. The van der Waals surface area contributed by atoms with E-state index in [2.05, 4.69) is 15.3 Å². The van der Waals surface area contributed by atoms with Crippen LogP contribution in [0.4, 0.5) is 5.82 Å². The van der Waals surface area contributed by atoms with Gasteiger partial charge in [0.15, 0.2) is 0 Å². The van der Waals surface area contributed by atoms with Crippen LogP contribution in [0, 0.1) is 12.8 Å². The van der Waals surface area contributed by atoms with Gasteiger partial charge in [-0.05, 0) is 39.0 Å². The fourth-order valence-corrected chi connectivity index (χ4v) is 2.43. The van der Waals surface area contributed by atoms with Crippen LogP contribution in [0.15, 0.2) is 6.33 Å². The van der Waals surface area contributed by atoms with Crippen LogP contribution < -0.4 is 15.8 Å². The lowest BCUT2D eigenvalue weighted by Gasteiger charge is -2.14. The summed E-state index contributed by atoms with van der Waals surface area (Å²) in [6.07, 6.45) is 4.99. The molecule has 1 heterocycles. The molecule has 2 unspecified atom stereocenters. The molecule has 5 nitrogen and oxygen atoms in total. The second-order valence-electron chi connectivity index (χ2n) is 4.91. The quantitative estimate of drug-likeness (QED) is 0.832. The zero-order valence-corrected chi connectivity index (χ0v) is 11.1. The summed E-state index contributed by atoms with van der Waals surface area (Å²) >= 11 is 0. The molecule has 1 aliphatic carbocycles. The van der Waals surface area contributed by atoms with Gasteiger partial charge in [-0.1, -0.05) is 0 Å². The maximum atomic E-state index is 5.91. The molecule has 1 aromatic rings. The van der Waals surface area contributed by atoms with Crippen molar-refractivity contribution in [3.05, 3.63) is 11.9 Å². The number of anilines is 1. The molecule has 3 N–H and O–H groups in total. The molecule has 18 heavy (non-hydrogen) atoms. The summed E-state index contributed by atoms with van der Waals surface area (Å²) in [5, 5.41) is 3.39. The van der Waals surface area contributed by atoms with E-state index < -0.39 is 0 Å². The van der Waals surface area contributed by atoms with Gasteiger partial charge in [0.2, 0.25) is 5.88 Å². The molecule has 0 aliphatic heterocycles. The summed E-state index contributed by atoms with van der Waals surface area (Å²) in [5.74, 6) is 2.19. The molecule has 1 fully saturated rings. The third-order valence-corrected chi connectivity index (χ3v) is 3.46. The first-order valence-corrected chi connectivity index (χ1v) is 6.64. The number of nitrogens with two attached hydrogens (primary N) is 1. The zero-order valence-electron chi connectivity index (χ0n) is 11.1. The van der Waals surface area contributed by atoms with Crippen LogP contribution in [-0.2, 0) is 0 Å². The van der Waals surface area contributed by atoms with Crippen LogP contribution in [0.1, 0.15) is 31.7 Å². The molecule has 0 saturated heterocycles. The van der Waals surface area contributed by atoms with Crippen LogP contribution in [0.5, 0.6) is 5.88 Å². The maximum absolute atomic E-state index is 5.91. The third kappa shape index (κ3) is 3.10. The van der Waals surface area contributed by atoms with E-state index in [4.69, 9.17) is 10.5 Å². The van der Waals surface area contributed by atoms with Crippen LogP contribution in [0.2, 0.25) is 0 Å². The van der Waals surface area contributed by atoms with Crippen molar-refractivity contribution < 1.29 is 4.74 Å². The van der Waals surface area contributed by atoms with Crippen LogP contribution in [-0.4, -0.2) is 29.2 Å². The van der Waals surface area contributed by atoms with Crippen molar-refractivity contribution in [2.45, 2.75) is 39.2 Å². The Morgan fingerprint density at radius 3 is 2.94 bits per heavy atom. The summed E-state index contributed by atoms with van der Waals surface area (Å²) in [4.78, 5) is 8.39. The van der Waals surface area contributed by atoms with E-state index in [1.54, 1.807) is 6.33 Å². The SMILES string of the molecule is CCOc1ncnc(NCC2CCC(N)C2)c1C. The Morgan fingerprint density at radius 2 is 2.28 bits per heavy atom. The molecule has 0 radical (unpaired) electrons. The lowest BCUT2D eigenvalue weighted by molar-refractivity contribution is 0.324. The molecule has 2 rings (SSSR count). The van der Waals surface area contributed by atoms with E-state index in [1.807, 2.05) is 13.8 Å². The van der Waals surface area contributed by atoms with Crippen molar-refractivity contribution in [1.29, 1.82) is 0 Å². The van der Waals surface area contributed by atoms with Crippen LogP contribution >= 0.6 is 0 Å². The zero-order chi connectivity index (χ0) is 13.0. The number of nitrogens with zero attached hydrogens (tertiary/aromatic N) is 2. The van der Waals surface area contributed by atoms with Gasteiger partial charge in [-0.3, -0.25) is 0 Å². The summed E-state index contributed by atoms with van der Waals surface area (Å²) in [7, 11) is 0. The Kier molecular flexibility index (Phi) is 4.36. The first-order valence-electron chi connectivity index (χ1n) is 6.64. The number of hydrogen-bond acceptors (Lipinski definition) is 5. The topological polar surface area (TPSA) is 73.1 Å². The average Bonchev–Trinajstić information content (AvgIpc) is 2.77. The van der Waals surface area contributed by atoms with Gasteiger partial charge >= 0.3 is 0 Å². The minimum Gasteiger partial charge on any atom is -0.478 e. The van der Waals surface area contributed by atoms with E-state index in [-0.39, 0.29) is 0 Å². The van der Waals surface area contributed by atoms with Crippen molar-refractivity contribution in [1.82, 2.24) is 9.97 Å². The first kappa shape index (κ1) is 13.1. The Bertz CT molecular complexity index is 397. The number of rotatable bonds is 5. The van der Waals surface area contributed by atoms with Gasteiger partial charge in [0.1, 0.15) is 12.1 Å². The Labute approximate surface area is 108 Å². The van der Waals surface area contributed by atoms with E-state index in [0.29, 0.717) is 24.4 Å². The number of hydrogen-bond donors (Lipinski definition) is 2. The molecular weight excluding hydrogens is 228 g/mol. The molecule has 100 valence electrons. The highest BCUT2D eigenvalue weighted by molar-refractivity contribution is 5.47. The monoisotopic (exact) mass is 250 g/mol. The van der Waals surface area contributed by atoms with E-state index in [9.17, 15) is 0 Å². The molecule has 0 bridgehead atoms. The second-order valence-corrected chi connectivity index (χ2v) is 4.91. The molecule has 1 aromatic heterocycles. The minimum atomic E-state index is 0.377. The van der Waals surface area contributed by atoms with Gasteiger partial charge in [0.25, 0.3) is 0 Å². The molecule has 0 aromatic carbocycles. The third-order valence-electron chi connectivity index (χ3n) is 3.46. The fourth-order valence-electron chi connectivity index (χ4n) is 2.43. The molecule has 0 amide bonds. The molecular formula is C13H22N4O. The molecule has 5 heteroatoms. The van der Waals surface area contributed by atoms with Crippen molar-refractivity contribution in [3.8, 4) is 5.88 Å². The normalized spacial score (nSPS) is 23.1. The molecule has 0 spiro atoms. The van der Waals surface area contributed by atoms with Crippen LogP contribution in [0.25, 0.3) is 0 Å². The Morgan fingerprint density at radius 1 is 1.44 bits per heavy atom. The van der Waals surface area contributed by atoms with Crippen molar-refractivity contribution in [2.75, 3.05) is 18.5 Å². The molecule has 1 saturated carbocycles. The molecule has 1 aliphatic rings. The first-order chi connectivity index (χ1) is 8.70. The van der Waals surface area contributed by atoms with Gasteiger partial charge in [-0.15, -0.1) is 0 Å². The standard InChI is InChI=1S/C13H22N4O/c1-3-18-13-9(2)12(16-8-17-13)15-7-10-4-5-11(14)6-10/h8,10-11H,3-7,14H2,1-2H3,(H,15,16,17). The second kappa shape index (κ2) is 6.00. The highest BCUT2D eigenvalue weighted by atomic mass is 16.5. The minimum absolute atomic E-state index is 0.377. The lowest BCUT2D eigenvalue weighted by Crippen LogP contribution is -2.18. The van der Waals surface area contributed by atoms with Gasteiger partial charge in [-0.25, -0.2) is 9.97 Å². The smallest absolute Gasteiger partial charge is 0.221 e. The summed E-state index contributed by atoms with van der Waals surface area (Å²) in [6, 6.07) is 0.377. The number of aromatic nitrogens is 2.